The van der Waals surface area contributed by atoms with Gasteiger partial charge < -0.3 is 44.3 Å². The molecule has 2 aromatic carbocycles. The van der Waals surface area contributed by atoms with E-state index in [1.807, 2.05) is 43.3 Å². The van der Waals surface area contributed by atoms with Crippen LogP contribution >= 0.6 is 0 Å². The number of aliphatic hydroxyl groups excluding tert-OH is 4. The molecular weight excluding hydrogens is 592 g/mol. The van der Waals surface area contributed by atoms with Gasteiger partial charge in [0, 0.05) is 63.5 Å². The normalized spacial score (nSPS) is 14.1. The van der Waals surface area contributed by atoms with Crippen LogP contribution in [0.15, 0.2) is 41.3 Å². The van der Waals surface area contributed by atoms with Crippen molar-refractivity contribution in [1.82, 2.24) is 4.72 Å². The van der Waals surface area contributed by atoms with Crippen molar-refractivity contribution in [1.29, 1.82) is 0 Å². The maximum atomic E-state index is 13.4. The molecule has 13 heteroatoms. The second kappa shape index (κ2) is 21.8. The number of nitrogens with zero attached hydrogens (tertiary/aromatic N) is 1. The van der Waals surface area contributed by atoms with E-state index in [9.17, 15) is 18.6 Å². The van der Waals surface area contributed by atoms with Crippen molar-refractivity contribution >= 4 is 26.5 Å². The lowest BCUT2D eigenvalue weighted by molar-refractivity contribution is -0.0174. The van der Waals surface area contributed by atoms with Gasteiger partial charge in [-0.15, -0.1) is 0 Å². The van der Waals surface area contributed by atoms with Gasteiger partial charge >= 0.3 is 0 Å². The molecule has 2 aromatic rings. The van der Waals surface area contributed by atoms with E-state index in [-0.39, 0.29) is 44.5 Å². The molecule has 0 bridgehead atoms. The van der Waals surface area contributed by atoms with Crippen LogP contribution in [0.25, 0.3) is 10.8 Å². The van der Waals surface area contributed by atoms with E-state index < -0.39 is 28.3 Å². The van der Waals surface area contributed by atoms with Crippen molar-refractivity contribution in [2.45, 2.75) is 61.7 Å². The van der Waals surface area contributed by atoms with Crippen LogP contribution in [0.2, 0.25) is 0 Å². The maximum absolute atomic E-state index is 13.4. The van der Waals surface area contributed by atoms with Crippen LogP contribution in [0.5, 0.6) is 0 Å². The first-order valence-electron chi connectivity index (χ1n) is 15.3. The molecule has 2 rings (SSSR count). The van der Waals surface area contributed by atoms with E-state index in [1.165, 1.54) is 0 Å². The third-order valence-electron chi connectivity index (χ3n) is 6.84. The van der Waals surface area contributed by atoms with Crippen molar-refractivity contribution in [2.24, 2.45) is 0 Å². The first-order valence-corrected chi connectivity index (χ1v) is 16.8. The molecule has 0 radical (unpaired) electrons. The van der Waals surface area contributed by atoms with Gasteiger partial charge in [0.15, 0.2) is 0 Å². The molecule has 0 aliphatic carbocycles. The van der Waals surface area contributed by atoms with Gasteiger partial charge in [-0.2, -0.15) is 0 Å². The van der Waals surface area contributed by atoms with E-state index in [4.69, 9.17) is 29.2 Å². The van der Waals surface area contributed by atoms with Gasteiger partial charge in [0.2, 0.25) is 10.0 Å². The van der Waals surface area contributed by atoms with Crippen molar-refractivity contribution in [3.05, 3.63) is 36.4 Å². The lowest BCUT2D eigenvalue weighted by Gasteiger charge is -2.20. The highest BCUT2D eigenvalue weighted by atomic mass is 32.2. The van der Waals surface area contributed by atoms with E-state index in [2.05, 4.69) is 4.72 Å². The van der Waals surface area contributed by atoms with Crippen LogP contribution in [0.4, 0.5) is 5.69 Å². The van der Waals surface area contributed by atoms with Crippen LogP contribution in [-0.2, 0) is 29.0 Å². The van der Waals surface area contributed by atoms with Crippen molar-refractivity contribution in [3.63, 3.8) is 0 Å². The fourth-order valence-electron chi connectivity index (χ4n) is 4.41. The molecule has 0 aromatic heterocycles. The highest BCUT2D eigenvalue weighted by Crippen LogP contribution is 2.30. The Morgan fingerprint density at radius 1 is 0.727 bits per heavy atom. The van der Waals surface area contributed by atoms with Gasteiger partial charge in [-0.1, -0.05) is 24.3 Å². The number of sulfonamides is 1. The van der Waals surface area contributed by atoms with Gasteiger partial charge in [-0.25, -0.2) is 13.1 Å². The number of unbranched alkanes of at least 4 members (excludes halogenated alkanes) is 4. The second-order valence-electron chi connectivity index (χ2n) is 10.9. The van der Waals surface area contributed by atoms with Crippen LogP contribution < -0.4 is 9.62 Å². The number of nitrogens with one attached hydrogen (secondary N) is 1. The molecular formula is C31H52N2O10S. The van der Waals surface area contributed by atoms with E-state index >= 15 is 0 Å². The first-order chi connectivity index (χ1) is 21.2. The second-order valence-corrected chi connectivity index (χ2v) is 12.6. The maximum Gasteiger partial charge on any atom is 0.241 e. The Kier molecular flexibility index (Phi) is 18.9. The lowest BCUT2D eigenvalue weighted by atomic mass is 10.1. The summed E-state index contributed by atoms with van der Waals surface area (Å²) in [5.74, 6) is 0. The molecule has 3 atom stereocenters. The Labute approximate surface area is 261 Å². The number of rotatable bonds is 26. The highest BCUT2D eigenvalue weighted by Gasteiger charge is 2.21. The molecule has 252 valence electrons. The van der Waals surface area contributed by atoms with Crippen molar-refractivity contribution in [2.75, 3.05) is 85.0 Å². The summed E-state index contributed by atoms with van der Waals surface area (Å²) in [6, 6.07) is 10.9. The lowest BCUT2D eigenvalue weighted by Crippen LogP contribution is -2.36. The number of benzene rings is 2. The third kappa shape index (κ3) is 14.5. The molecule has 5 N–H and O–H groups in total. The summed E-state index contributed by atoms with van der Waals surface area (Å²) in [4.78, 5) is 2.16. The number of hydrogen-bond acceptors (Lipinski definition) is 11. The van der Waals surface area contributed by atoms with Crippen molar-refractivity contribution < 1.29 is 47.8 Å². The highest BCUT2D eigenvalue weighted by molar-refractivity contribution is 7.89. The minimum Gasteiger partial charge on any atom is -0.394 e. The number of ether oxygens (including phenoxy) is 4. The average molecular weight is 645 g/mol. The van der Waals surface area contributed by atoms with E-state index in [1.54, 1.807) is 12.1 Å². The molecule has 0 heterocycles. The molecule has 0 spiro atoms. The first kappa shape index (κ1) is 38.3. The predicted octanol–water partition coefficient (Wildman–Crippen LogP) is 1.67. The SMILES string of the molecule is CN(C)c1cccc2c(S(=O)(=O)NCC(COCCCCCOCC(O)CO)OCCCCCOCC(O)CO)cccc12. The molecule has 12 nitrogen and oxygen atoms in total. The zero-order valence-corrected chi connectivity index (χ0v) is 26.9. The Balaban J connectivity index is 1.88. The molecule has 3 unspecified atom stereocenters. The Hall–Kier alpha value is -1.91. The smallest absolute Gasteiger partial charge is 0.241 e. The summed E-state index contributed by atoms with van der Waals surface area (Å²) >= 11 is 0. The number of hydrogen-bond donors (Lipinski definition) is 5. The summed E-state index contributed by atoms with van der Waals surface area (Å²) in [5, 5.41) is 37.8. The molecule has 0 fully saturated rings. The summed E-state index contributed by atoms with van der Waals surface area (Å²) in [6.07, 6.45) is 2.58. The topological polar surface area (TPSA) is 167 Å². The van der Waals surface area contributed by atoms with E-state index in [0.717, 1.165) is 49.6 Å². The minimum atomic E-state index is -3.84. The molecule has 0 saturated carbocycles. The number of anilines is 1. The summed E-state index contributed by atoms with van der Waals surface area (Å²) < 4.78 is 52.1. The zero-order chi connectivity index (χ0) is 32.2. The number of fused-ring (bicyclic) bond motifs is 1. The summed E-state index contributed by atoms with van der Waals surface area (Å²) in [6.45, 7) is 1.70. The molecule has 0 aliphatic heterocycles. The fraction of sp³-hybridized carbons (Fsp3) is 0.677. The Bertz CT molecular complexity index is 1150. The quantitative estimate of drug-likeness (QED) is 0.0946. The molecule has 0 amide bonds. The van der Waals surface area contributed by atoms with E-state index in [0.29, 0.717) is 31.8 Å². The largest absolute Gasteiger partial charge is 0.394 e. The summed E-state index contributed by atoms with van der Waals surface area (Å²) in [5.41, 5.74) is 0.929. The standard InChI is InChI=1S/C31H52N2O10S/c1-33(2)30-13-9-12-29-28(30)11-10-14-31(29)44(38,39)32-19-27(43-18-8-4-7-16-41-23-26(37)21-35)24-42-17-6-3-5-15-40-22-25(36)20-34/h9-14,25-27,32,34-37H,3-8,15-24H2,1-2H3. The molecule has 44 heavy (non-hydrogen) atoms. The third-order valence-corrected chi connectivity index (χ3v) is 8.32. The van der Waals surface area contributed by atoms with Crippen LogP contribution in [0.1, 0.15) is 38.5 Å². The molecule has 0 saturated heterocycles. The Morgan fingerprint density at radius 3 is 1.82 bits per heavy atom. The van der Waals surface area contributed by atoms with Gasteiger partial charge in [-0.05, 0) is 50.7 Å². The predicted molar refractivity (Wildman–Crippen MR) is 170 cm³/mol. The summed E-state index contributed by atoms with van der Waals surface area (Å²) in [7, 11) is -0.00206. The number of aliphatic hydroxyl groups is 4. The van der Waals surface area contributed by atoms with Crippen molar-refractivity contribution in [3.8, 4) is 0 Å². The van der Waals surface area contributed by atoms with Gasteiger partial charge in [-0.3, -0.25) is 0 Å². The fourth-order valence-corrected chi connectivity index (χ4v) is 5.70. The van der Waals surface area contributed by atoms with Crippen LogP contribution in [0.3, 0.4) is 0 Å². The monoisotopic (exact) mass is 644 g/mol. The zero-order valence-electron chi connectivity index (χ0n) is 26.1. The van der Waals surface area contributed by atoms with Crippen LogP contribution in [-0.4, -0.2) is 127 Å². The minimum absolute atomic E-state index is 0.0509. The van der Waals surface area contributed by atoms with Gasteiger partial charge in [0.05, 0.1) is 44.0 Å². The van der Waals surface area contributed by atoms with Gasteiger partial charge in [0.25, 0.3) is 0 Å². The Morgan fingerprint density at radius 2 is 1.25 bits per heavy atom. The molecule has 0 aliphatic rings. The van der Waals surface area contributed by atoms with Crippen LogP contribution in [0, 0.1) is 0 Å². The average Bonchev–Trinajstić information content (AvgIpc) is 3.02. The van der Waals surface area contributed by atoms with Gasteiger partial charge in [0.1, 0.15) is 12.2 Å².